The van der Waals surface area contributed by atoms with Crippen LogP contribution in [0.1, 0.15) is 0 Å². The zero-order chi connectivity index (χ0) is 24.9. The summed E-state index contributed by atoms with van der Waals surface area (Å²) in [6, 6.07) is 0. The van der Waals surface area contributed by atoms with Gasteiger partial charge in [-0.2, -0.15) is 57.1 Å². The first-order chi connectivity index (χ1) is 13.3. The van der Waals surface area contributed by atoms with Gasteiger partial charge in [-0.25, -0.2) is 13.6 Å². The van der Waals surface area contributed by atoms with Crippen LogP contribution in [0.4, 0.5) is 65.9 Å². The second-order valence-corrected chi connectivity index (χ2v) is 6.95. The van der Waals surface area contributed by atoms with E-state index >= 15 is 0 Å². The van der Waals surface area contributed by atoms with Crippen molar-refractivity contribution in [2.45, 2.75) is 58.1 Å². The molecule has 4 saturated carbocycles. The van der Waals surface area contributed by atoms with Gasteiger partial charge in [0.1, 0.15) is 0 Å². The molecular weight excluding hydrogens is 489 g/mol. The predicted molar refractivity (Wildman–Crippen MR) is 61.4 cm³/mol. The van der Waals surface area contributed by atoms with Gasteiger partial charge >= 0.3 is 58.4 Å². The zero-order valence-corrected chi connectivity index (χ0v) is 13.6. The summed E-state index contributed by atoms with van der Waals surface area (Å²) < 4.78 is 217. The van der Waals surface area contributed by atoms with Crippen LogP contribution in [0.2, 0.25) is 0 Å². The van der Waals surface area contributed by atoms with Gasteiger partial charge in [0.15, 0.2) is 0 Å². The molecule has 0 aliphatic heterocycles. The van der Waals surface area contributed by atoms with Gasteiger partial charge in [-0.1, -0.05) is 6.58 Å². The number of esters is 1. The summed E-state index contributed by atoms with van der Waals surface area (Å²) in [4.78, 5) is 11.1. The van der Waals surface area contributed by atoms with E-state index in [1.54, 1.807) is 0 Å². The molecule has 4 aliphatic carbocycles. The Bertz CT molecular complexity index is 795. The third-order valence-corrected chi connectivity index (χ3v) is 5.75. The van der Waals surface area contributed by atoms with Gasteiger partial charge in [0.05, 0.1) is 0 Å². The molecule has 2 atom stereocenters. The second kappa shape index (κ2) is 4.88. The molecule has 3 nitrogen and oxygen atoms in total. The fraction of sp³-hybridized carbons (Fsp3) is 0.769. The van der Waals surface area contributed by atoms with Crippen LogP contribution in [0.5, 0.6) is 0 Å². The number of carbonyl (C=O) groups is 1. The summed E-state index contributed by atoms with van der Waals surface area (Å²) in [5.41, 5.74) is -30.3. The molecule has 1 N–H and O–H groups in total. The number of hydrogen-bond donors (Lipinski definition) is 1. The molecule has 178 valence electrons. The third-order valence-electron chi connectivity index (χ3n) is 5.75. The maximum absolute atomic E-state index is 14.7. The SMILES string of the molecule is C=C(F)C(=O)OC12C(F)(F)C3(O)C(F)(F)C(F)(C(F)(F)C(F)(C3(F)F)C1(F)F)C2(F)F. The maximum Gasteiger partial charge on any atom is 0.367 e. The Kier molecular flexibility index (Phi) is 3.74. The molecule has 0 aromatic rings. The van der Waals surface area contributed by atoms with Crippen molar-refractivity contribution in [1.29, 1.82) is 0 Å². The minimum atomic E-state index is -7.93. The quantitative estimate of drug-likeness (QED) is 0.363. The molecule has 4 aliphatic rings. The van der Waals surface area contributed by atoms with Gasteiger partial charge in [-0.15, -0.1) is 0 Å². The number of alkyl halides is 14. The normalized spacial score (nSPS) is 46.5. The minimum Gasteiger partial charge on any atom is -0.434 e. The zero-order valence-electron chi connectivity index (χ0n) is 13.6. The van der Waals surface area contributed by atoms with Gasteiger partial charge in [-0.05, 0) is 0 Å². The van der Waals surface area contributed by atoms with Crippen molar-refractivity contribution in [1.82, 2.24) is 0 Å². The van der Waals surface area contributed by atoms with E-state index in [-0.39, 0.29) is 0 Å². The third kappa shape index (κ3) is 1.45. The molecular formula is C13H3F15O3. The molecule has 0 saturated heterocycles. The predicted octanol–water partition coefficient (Wildman–Crippen LogP) is 3.75. The molecule has 4 bridgehead atoms. The first kappa shape index (κ1) is 23.8. The Hall–Kier alpha value is -1.88. The van der Waals surface area contributed by atoms with E-state index < -0.39 is 69.9 Å². The monoisotopic (exact) mass is 492 g/mol. The van der Waals surface area contributed by atoms with Crippen molar-refractivity contribution < 1.29 is 80.5 Å². The first-order valence-corrected chi connectivity index (χ1v) is 7.27. The van der Waals surface area contributed by atoms with E-state index in [0.717, 1.165) is 0 Å². The smallest absolute Gasteiger partial charge is 0.367 e. The summed E-state index contributed by atoms with van der Waals surface area (Å²) >= 11 is 0. The van der Waals surface area contributed by atoms with Gasteiger partial charge in [0, 0.05) is 0 Å². The van der Waals surface area contributed by atoms with Crippen LogP contribution in [0.3, 0.4) is 0 Å². The Labute approximate surface area is 158 Å². The van der Waals surface area contributed by atoms with Crippen LogP contribution in [0, 0.1) is 0 Å². The van der Waals surface area contributed by atoms with Crippen molar-refractivity contribution in [2.75, 3.05) is 0 Å². The highest BCUT2D eigenvalue weighted by molar-refractivity contribution is 5.86. The Morgan fingerprint density at radius 1 is 0.613 bits per heavy atom. The Balaban J connectivity index is 2.69. The van der Waals surface area contributed by atoms with E-state index in [1.807, 2.05) is 6.58 Å². The van der Waals surface area contributed by atoms with Crippen molar-refractivity contribution >= 4 is 5.97 Å². The minimum absolute atomic E-state index is 1.86. The Morgan fingerprint density at radius 2 is 0.935 bits per heavy atom. The first-order valence-electron chi connectivity index (χ1n) is 7.27. The highest BCUT2D eigenvalue weighted by Crippen LogP contribution is 2.88. The average molecular weight is 492 g/mol. The van der Waals surface area contributed by atoms with E-state index in [4.69, 9.17) is 0 Å². The van der Waals surface area contributed by atoms with Gasteiger partial charge in [-0.3, -0.25) is 0 Å². The molecule has 4 rings (SSSR count). The largest absolute Gasteiger partial charge is 0.434 e. The standard InChI is InChI=1S/C13H3F15O3/c1-2(14)3(29)31-7-11(23,24)4(15)8(17,18)5(16,12(7,25)26)10(21,22)6(30,9(4,19)20)13(7,27)28/h30H,1H2. The van der Waals surface area contributed by atoms with E-state index in [9.17, 15) is 75.8 Å². The summed E-state index contributed by atoms with van der Waals surface area (Å²) in [7, 11) is 0. The Morgan fingerprint density at radius 3 is 1.23 bits per heavy atom. The number of aliphatic hydroxyl groups is 1. The average Bonchev–Trinajstić information content (AvgIpc) is 2.58. The lowest BCUT2D eigenvalue weighted by Crippen LogP contribution is -3.10. The number of rotatable bonds is 2. The van der Waals surface area contributed by atoms with Gasteiger partial charge in [0.2, 0.25) is 5.83 Å². The topological polar surface area (TPSA) is 46.5 Å². The molecule has 0 radical (unpaired) electrons. The second-order valence-electron chi connectivity index (χ2n) is 6.95. The molecule has 31 heavy (non-hydrogen) atoms. The molecule has 2 unspecified atom stereocenters. The summed E-state index contributed by atoms with van der Waals surface area (Å²) in [5.74, 6) is -53.3. The fourth-order valence-corrected chi connectivity index (χ4v) is 4.23. The number of ether oxygens (including phenoxy) is 1. The summed E-state index contributed by atoms with van der Waals surface area (Å²) in [6.45, 7) is 1.86. The highest BCUT2D eigenvalue weighted by atomic mass is 19.3. The van der Waals surface area contributed by atoms with Crippen molar-refractivity contribution in [3.05, 3.63) is 12.4 Å². The molecule has 0 amide bonds. The van der Waals surface area contributed by atoms with Crippen LogP contribution in [-0.4, -0.2) is 69.2 Å². The molecule has 18 heteroatoms. The van der Waals surface area contributed by atoms with Crippen molar-refractivity contribution in [3.8, 4) is 0 Å². The van der Waals surface area contributed by atoms with E-state index in [1.165, 1.54) is 0 Å². The van der Waals surface area contributed by atoms with E-state index in [0.29, 0.717) is 0 Å². The van der Waals surface area contributed by atoms with Crippen LogP contribution >= 0.6 is 0 Å². The number of carbonyl (C=O) groups excluding carboxylic acids is 1. The van der Waals surface area contributed by atoms with Gasteiger partial charge < -0.3 is 9.84 Å². The van der Waals surface area contributed by atoms with Gasteiger partial charge in [0.25, 0.3) is 5.60 Å². The number of hydrogen-bond acceptors (Lipinski definition) is 3. The lowest BCUT2D eigenvalue weighted by atomic mass is 9.39. The van der Waals surface area contributed by atoms with E-state index in [2.05, 4.69) is 4.74 Å². The van der Waals surface area contributed by atoms with Crippen LogP contribution < -0.4 is 0 Å². The van der Waals surface area contributed by atoms with Crippen LogP contribution in [0.25, 0.3) is 0 Å². The molecule has 0 heterocycles. The molecule has 0 aromatic carbocycles. The van der Waals surface area contributed by atoms with Crippen molar-refractivity contribution in [3.63, 3.8) is 0 Å². The fourth-order valence-electron chi connectivity index (χ4n) is 4.23. The van der Waals surface area contributed by atoms with Crippen LogP contribution in [-0.2, 0) is 9.53 Å². The summed E-state index contributed by atoms with van der Waals surface area (Å²) in [5, 5.41) is 9.29. The number of halogens is 15. The maximum atomic E-state index is 14.7. The molecule has 0 aromatic heterocycles. The molecule has 4 fully saturated rings. The lowest BCUT2D eigenvalue weighted by Gasteiger charge is -2.74. The van der Waals surface area contributed by atoms with Crippen molar-refractivity contribution in [2.24, 2.45) is 0 Å². The van der Waals surface area contributed by atoms with Crippen LogP contribution in [0.15, 0.2) is 12.4 Å². The summed E-state index contributed by atoms with van der Waals surface area (Å²) in [6.07, 6.45) is 0. The molecule has 0 spiro atoms. The lowest BCUT2D eigenvalue weighted by molar-refractivity contribution is -0.623. The highest BCUT2D eigenvalue weighted by Gasteiger charge is 3.23.